The van der Waals surface area contributed by atoms with E-state index in [-0.39, 0.29) is 34.7 Å². The summed E-state index contributed by atoms with van der Waals surface area (Å²) in [7, 11) is 0. The molecule has 2 N–H and O–H groups in total. The third-order valence-electron chi connectivity index (χ3n) is 7.84. The van der Waals surface area contributed by atoms with Crippen LogP contribution < -0.4 is 0 Å². The number of carbonyl (C=O) groups is 1. The lowest BCUT2D eigenvalue weighted by Gasteiger charge is -2.59. The fourth-order valence-corrected chi connectivity index (χ4v) is 6.66. The predicted molar refractivity (Wildman–Crippen MR) is 84.1 cm³/mol. The van der Waals surface area contributed by atoms with Gasteiger partial charge in [0.1, 0.15) is 0 Å². The molecule has 0 heterocycles. The van der Waals surface area contributed by atoms with E-state index in [9.17, 15) is 15.0 Å². The standard InChI is InChI=1S/C19H28O3/c1-18-8-7-12(20)9-11(18)3-4-13-14-5-6-16(22)19(14,2)10-15(21)17(13)18/h9,13-17,21-22H,3-8,10H2,1-2H3/t13-,14-,15-,16+,17+,18+,19+/m1/s1. The van der Waals surface area contributed by atoms with Gasteiger partial charge in [0.05, 0.1) is 12.2 Å². The van der Waals surface area contributed by atoms with Gasteiger partial charge in [-0.1, -0.05) is 19.4 Å². The zero-order valence-electron chi connectivity index (χ0n) is 13.7. The Morgan fingerprint density at radius 3 is 2.68 bits per heavy atom. The fourth-order valence-electron chi connectivity index (χ4n) is 6.66. The lowest BCUT2D eigenvalue weighted by atomic mass is 9.46. The summed E-state index contributed by atoms with van der Waals surface area (Å²) in [6.45, 7) is 4.46. The third-order valence-corrected chi connectivity index (χ3v) is 7.84. The van der Waals surface area contributed by atoms with E-state index in [0.717, 1.165) is 38.5 Å². The Bertz CT molecular complexity index is 539. The van der Waals surface area contributed by atoms with Crippen LogP contribution in [0.25, 0.3) is 0 Å². The first-order chi connectivity index (χ1) is 10.4. The molecule has 4 rings (SSSR count). The molecule has 0 aromatic heterocycles. The second-order valence-corrected chi connectivity index (χ2v) is 8.76. The molecule has 0 aromatic rings. The van der Waals surface area contributed by atoms with Gasteiger partial charge in [0, 0.05) is 6.42 Å². The zero-order valence-corrected chi connectivity index (χ0v) is 13.7. The molecule has 3 nitrogen and oxygen atoms in total. The van der Waals surface area contributed by atoms with E-state index >= 15 is 0 Å². The maximum Gasteiger partial charge on any atom is 0.155 e. The van der Waals surface area contributed by atoms with Gasteiger partial charge in [-0.15, -0.1) is 0 Å². The predicted octanol–water partition coefficient (Wildman–Crippen LogP) is 2.85. The largest absolute Gasteiger partial charge is 0.393 e. The second-order valence-electron chi connectivity index (χ2n) is 8.76. The molecule has 0 bridgehead atoms. The van der Waals surface area contributed by atoms with Crippen molar-refractivity contribution < 1.29 is 15.0 Å². The minimum Gasteiger partial charge on any atom is -0.393 e. The smallest absolute Gasteiger partial charge is 0.155 e. The van der Waals surface area contributed by atoms with Crippen LogP contribution in [-0.2, 0) is 4.79 Å². The van der Waals surface area contributed by atoms with Gasteiger partial charge in [0.25, 0.3) is 0 Å². The van der Waals surface area contributed by atoms with E-state index in [4.69, 9.17) is 0 Å². The van der Waals surface area contributed by atoms with Crippen molar-refractivity contribution in [3.8, 4) is 0 Å². The molecule has 0 aromatic carbocycles. The summed E-state index contributed by atoms with van der Waals surface area (Å²) in [6, 6.07) is 0. The van der Waals surface area contributed by atoms with Crippen LogP contribution in [0.15, 0.2) is 11.6 Å². The molecule has 0 unspecified atom stereocenters. The van der Waals surface area contributed by atoms with Crippen molar-refractivity contribution >= 4 is 5.78 Å². The number of ketones is 1. The Morgan fingerprint density at radius 1 is 1.14 bits per heavy atom. The molecule has 3 heteroatoms. The summed E-state index contributed by atoms with van der Waals surface area (Å²) in [5.41, 5.74) is 1.17. The maximum atomic E-state index is 11.8. The Kier molecular flexibility index (Phi) is 3.16. The van der Waals surface area contributed by atoms with Crippen LogP contribution in [0.1, 0.15) is 58.8 Å². The third kappa shape index (κ3) is 1.78. The summed E-state index contributed by atoms with van der Waals surface area (Å²) < 4.78 is 0. The van der Waals surface area contributed by atoms with Gasteiger partial charge in [-0.2, -0.15) is 0 Å². The average Bonchev–Trinajstić information content (AvgIpc) is 2.75. The van der Waals surface area contributed by atoms with Crippen molar-refractivity contribution in [1.82, 2.24) is 0 Å². The van der Waals surface area contributed by atoms with Crippen molar-refractivity contribution in [2.24, 2.45) is 28.6 Å². The van der Waals surface area contributed by atoms with Crippen LogP contribution in [0.5, 0.6) is 0 Å². The van der Waals surface area contributed by atoms with Gasteiger partial charge in [-0.05, 0) is 73.2 Å². The van der Waals surface area contributed by atoms with Crippen LogP contribution in [0.4, 0.5) is 0 Å². The summed E-state index contributed by atoms with van der Waals surface area (Å²) in [6.07, 6.45) is 7.56. The number of hydrogen-bond acceptors (Lipinski definition) is 3. The van der Waals surface area contributed by atoms with Gasteiger partial charge in [0.15, 0.2) is 5.78 Å². The van der Waals surface area contributed by atoms with Crippen LogP contribution in [0, 0.1) is 28.6 Å². The normalized spacial score (nSPS) is 54.3. The fraction of sp³-hybridized carbons (Fsp3) is 0.842. The molecule has 3 fully saturated rings. The molecule has 4 aliphatic carbocycles. The molecular formula is C19H28O3. The minimum atomic E-state index is -0.346. The van der Waals surface area contributed by atoms with E-state index in [1.807, 2.05) is 6.08 Å². The van der Waals surface area contributed by atoms with Crippen molar-refractivity contribution in [2.75, 3.05) is 0 Å². The van der Waals surface area contributed by atoms with Crippen LogP contribution >= 0.6 is 0 Å². The topological polar surface area (TPSA) is 57.5 Å². The number of aliphatic hydroxyl groups is 2. The number of aliphatic hydroxyl groups excluding tert-OH is 2. The summed E-state index contributed by atoms with van der Waals surface area (Å²) in [5.74, 6) is 1.56. The summed E-state index contributed by atoms with van der Waals surface area (Å²) >= 11 is 0. The maximum absolute atomic E-state index is 11.8. The van der Waals surface area contributed by atoms with Gasteiger partial charge in [-0.25, -0.2) is 0 Å². The first kappa shape index (κ1) is 14.9. The minimum absolute atomic E-state index is 0.00881. The Labute approximate surface area is 132 Å². The van der Waals surface area contributed by atoms with E-state index in [2.05, 4.69) is 13.8 Å². The van der Waals surface area contributed by atoms with Crippen molar-refractivity contribution in [3.63, 3.8) is 0 Å². The Balaban J connectivity index is 1.74. The Hall–Kier alpha value is -0.670. The molecule has 0 radical (unpaired) electrons. The van der Waals surface area contributed by atoms with Crippen LogP contribution in [-0.4, -0.2) is 28.2 Å². The highest BCUT2D eigenvalue weighted by molar-refractivity contribution is 5.91. The van der Waals surface area contributed by atoms with Crippen LogP contribution in [0.2, 0.25) is 0 Å². The van der Waals surface area contributed by atoms with Gasteiger partial charge < -0.3 is 10.2 Å². The van der Waals surface area contributed by atoms with Crippen molar-refractivity contribution in [3.05, 3.63) is 11.6 Å². The molecule has 7 atom stereocenters. The molecule has 22 heavy (non-hydrogen) atoms. The highest BCUT2D eigenvalue weighted by atomic mass is 16.3. The molecule has 3 saturated carbocycles. The molecule has 122 valence electrons. The van der Waals surface area contributed by atoms with E-state index in [1.54, 1.807) is 0 Å². The summed E-state index contributed by atoms with van der Waals surface area (Å²) in [5, 5.41) is 21.4. The second kappa shape index (κ2) is 4.67. The van der Waals surface area contributed by atoms with E-state index in [1.165, 1.54) is 5.57 Å². The van der Waals surface area contributed by atoms with Gasteiger partial charge in [-0.3, -0.25) is 4.79 Å². The van der Waals surface area contributed by atoms with Crippen LogP contribution in [0.3, 0.4) is 0 Å². The quantitative estimate of drug-likeness (QED) is 0.723. The number of fused-ring (bicyclic) bond motifs is 5. The zero-order chi connectivity index (χ0) is 15.7. The average molecular weight is 304 g/mol. The molecule has 4 aliphatic rings. The van der Waals surface area contributed by atoms with Gasteiger partial charge >= 0.3 is 0 Å². The summed E-state index contributed by atoms with van der Waals surface area (Å²) in [4.78, 5) is 11.8. The van der Waals surface area contributed by atoms with Crippen molar-refractivity contribution in [1.29, 1.82) is 0 Å². The lowest BCUT2D eigenvalue weighted by molar-refractivity contribution is -0.142. The van der Waals surface area contributed by atoms with Crippen molar-refractivity contribution in [2.45, 2.75) is 71.0 Å². The highest BCUT2D eigenvalue weighted by Gasteiger charge is 2.61. The monoisotopic (exact) mass is 304 g/mol. The number of carbonyl (C=O) groups excluding carboxylic acids is 1. The van der Waals surface area contributed by atoms with Gasteiger partial charge in [0.2, 0.25) is 0 Å². The molecule has 0 amide bonds. The first-order valence-electron chi connectivity index (χ1n) is 8.96. The molecular weight excluding hydrogens is 276 g/mol. The number of hydrogen-bond donors (Lipinski definition) is 2. The number of rotatable bonds is 0. The molecule has 0 spiro atoms. The number of allylic oxidation sites excluding steroid dienone is 1. The first-order valence-corrected chi connectivity index (χ1v) is 8.96. The van der Waals surface area contributed by atoms with E-state index < -0.39 is 0 Å². The SMILES string of the molecule is C[C@]12C[C@@H](O)[C@@H]3[C@H](CCC4=CC(=O)CC[C@@]43C)[C@H]1CC[C@@H]2O. The lowest BCUT2D eigenvalue weighted by Crippen LogP contribution is -2.57. The molecule has 0 aliphatic heterocycles. The highest BCUT2D eigenvalue weighted by Crippen LogP contribution is 2.65. The molecule has 0 saturated heterocycles. The van der Waals surface area contributed by atoms with E-state index in [0.29, 0.717) is 18.3 Å². The Morgan fingerprint density at radius 2 is 1.91 bits per heavy atom.